The summed E-state index contributed by atoms with van der Waals surface area (Å²) in [6.45, 7) is 2.57. The third-order valence-corrected chi connectivity index (χ3v) is 3.34. The number of benzene rings is 1. The minimum absolute atomic E-state index is 0.0544. The lowest BCUT2D eigenvalue weighted by Gasteiger charge is -2.04. The molecule has 1 heterocycles. The number of non-ortho nitro benzene ring substituents is 1. The summed E-state index contributed by atoms with van der Waals surface area (Å²) in [5.41, 5.74) is 2.49. The van der Waals surface area contributed by atoms with Gasteiger partial charge in [0.2, 0.25) is 0 Å². The van der Waals surface area contributed by atoms with Gasteiger partial charge in [-0.1, -0.05) is 11.3 Å². The van der Waals surface area contributed by atoms with Crippen molar-refractivity contribution in [2.45, 2.75) is 32.4 Å². The predicted octanol–water partition coefficient (Wildman–Crippen LogP) is 1.74. The van der Waals surface area contributed by atoms with E-state index in [1.807, 2.05) is 6.92 Å². The molecule has 0 unspecified atom stereocenters. The third kappa shape index (κ3) is 2.67. The summed E-state index contributed by atoms with van der Waals surface area (Å²) in [7, 11) is 0. The number of nitrogens with one attached hydrogen (secondary N) is 1. The first kappa shape index (κ1) is 12.7. The minimum Gasteiger partial charge on any atom is -0.308 e. The van der Waals surface area contributed by atoms with Crippen LogP contribution in [-0.4, -0.2) is 26.0 Å². The lowest BCUT2D eigenvalue weighted by Crippen LogP contribution is -2.15. The number of rotatable bonds is 5. The molecule has 0 radical (unpaired) electrons. The van der Waals surface area contributed by atoms with Gasteiger partial charge in [-0.15, -0.1) is 5.10 Å². The first-order chi connectivity index (χ1) is 9.63. The highest BCUT2D eigenvalue weighted by Gasteiger charge is 2.20. The molecule has 7 heteroatoms. The van der Waals surface area contributed by atoms with Gasteiger partial charge in [-0.25, -0.2) is 4.68 Å². The van der Waals surface area contributed by atoms with E-state index in [-0.39, 0.29) is 5.69 Å². The molecule has 0 saturated heterocycles. The Hall–Kier alpha value is -2.28. The molecule has 20 heavy (non-hydrogen) atoms. The third-order valence-electron chi connectivity index (χ3n) is 3.34. The fourth-order valence-corrected chi connectivity index (χ4v) is 1.99. The van der Waals surface area contributed by atoms with E-state index in [1.165, 1.54) is 25.0 Å². The van der Waals surface area contributed by atoms with Gasteiger partial charge in [0.05, 0.1) is 22.5 Å². The molecule has 3 rings (SSSR count). The van der Waals surface area contributed by atoms with Crippen LogP contribution in [0.15, 0.2) is 24.4 Å². The average molecular weight is 273 g/mol. The van der Waals surface area contributed by atoms with Crippen molar-refractivity contribution in [1.29, 1.82) is 0 Å². The summed E-state index contributed by atoms with van der Waals surface area (Å²) in [4.78, 5) is 10.4. The highest BCUT2D eigenvalue weighted by atomic mass is 16.6. The van der Waals surface area contributed by atoms with E-state index < -0.39 is 4.92 Å². The Bertz CT molecular complexity index is 648. The Balaban J connectivity index is 1.83. The number of aromatic nitrogens is 3. The molecule has 1 N–H and O–H groups in total. The van der Waals surface area contributed by atoms with E-state index in [2.05, 4.69) is 15.6 Å². The molecule has 0 amide bonds. The summed E-state index contributed by atoms with van der Waals surface area (Å²) >= 11 is 0. The van der Waals surface area contributed by atoms with E-state index in [0.717, 1.165) is 11.3 Å². The van der Waals surface area contributed by atoms with Crippen molar-refractivity contribution in [2.24, 2.45) is 0 Å². The van der Waals surface area contributed by atoms with Crippen molar-refractivity contribution in [2.75, 3.05) is 0 Å². The second kappa shape index (κ2) is 5.01. The molecule has 1 fully saturated rings. The van der Waals surface area contributed by atoms with Crippen LogP contribution in [0.3, 0.4) is 0 Å². The average Bonchev–Trinajstić information content (AvgIpc) is 3.14. The zero-order chi connectivity index (χ0) is 14.1. The zero-order valence-electron chi connectivity index (χ0n) is 11.1. The second-order valence-corrected chi connectivity index (χ2v) is 5.04. The predicted molar refractivity (Wildman–Crippen MR) is 72.6 cm³/mol. The molecule has 0 bridgehead atoms. The number of nitro groups is 1. The molecule has 2 aromatic rings. The van der Waals surface area contributed by atoms with Gasteiger partial charge in [-0.2, -0.15) is 0 Å². The standard InChI is InChI=1S/C13H15N5O2/c1-9-2-5-12(18(19)20)6-13(9)17-8-11(15-16-17)7-14-10-3-4-10/h2,5-6,8,10,14H,3-4,7H2,1H3. The quantitative estimate of drug-likeness (QED) is 0.662. The fourth-order valence-electron chi connectivity index (χ4n) is 1.99. The SMILES string of the molecule is Cc1ccc([N+](=O)[O-])cc1-n1cc(CNC2CC2)nn1. The molecule has 0 spiro atoms. The molecule has 104 valence electrons. The molecule has 1 aromatic carbocycles. The first-order valence-electron chi connectivity index (χ1n) is 6.53. The Labute approximate surface area is 115 Å². The van der Waals surface area contributed by atoms with Crippen LogP contribution in [-0.2, 0) is 6.54 Å². The first-order valence-corrected chi connectivity index (χ1v) is 6.53. The maximum absolute atomic E-state index is 10.8. The van der Waals surface area contributed by atoms with Gasteiger partial charge in [0, 0.05) is 24.7 Å². The summed E-state index contributed by atoms with van der Waals surface area (Å²) in [5, 5.41) is 22.3. The van der Waals surface area contributed by atoms with Crippen LogP contribution < -0.4 is 5.32 Å². The molecular weight excluding hydrogens is 258 g/mol. The van der Waals surface area contributed by atoms with Crippen molar-refractivity contribution in [3.8, 4) is 5.69 Å². The van der Waals surface area contributed by atoms with Crippen LogP contribution in [0.5, 0.6) is 0 Å². The molecule has 1 saturated carbocycles. The number of aryl methyl sites for hydroxylation is 1. The van der Waals surface area contributed by atoms with Gasteiger partial charge in [0.1, 0.15) is 0 Å². The van der Waals surface area contributed by atoms with Gasteiger partial charge in [-0.05, 0) is 25.3 Å². The number of hydrogen-bond acceptors (Lipinski definition) is 5. The number of nitro benzene ring substituents is 1. The maximum atomic E-state index is 10.8. The van der Waals surface area contributed by atoms with E-state index >= 15 is 0 Å². The Morgan fingerprint density at radius 2 is 2.30 bits per heavy atom. The molecule has 1 aliphatic rings. The van der Waals surface area contributed by atoms with Crippen molar-refractivity contribution < 1.29 is 4.92 Å². The van der Waals surface area contributed by atoms with Crippen LogP contribution >= 0.6 is 0 Å². The number of hydrogen-bond donors (Lipinski definition) is 1. The maximum Gasteiger partial charge on any atom is 0.271 e. The lowest BCUT2D eigenvalue weighted by atomic mass is 10.2. The summed E-state index contributed by atoms with van der Waals surface area (Å²) in [6.07, 6.45) is 4.25. The van der Waals surface area contributed by atoms with Crippen molar-refractivity contribution >= 4 is 5.69 Å². The van der Waals surface area contributed by atoms with E-state index in [9.17, 15) is 10.1 Å². The van der Waals surface area contributed by atoms with Crippen LogP contribution in [0.2, 0.25) is 0 Å². The highest BCUT2D eigenvalue weighted by molar-refractivity contribution is 5.48. The Kier molecular flexibility index (Phi) is 3.19. The van der Waals surface area contributed by atoms with E-state index in [4.69, 9.17) is 0 Å². The summed E-state index contributed by atoms with van der Waals surface area (Å²) in [5.74, 6) is 0. The lowest BCUT2D eigenvalue weighted by molar-refractivity contribution is -0.384. The normalized spacial score (nSPS) is 14.4. The molecule has 0 aliphatic heterocycles. The molecule has 0 atom stereocenters. The Morgan fingerprint density at radius 1 is 1.50 bits per heavy atom. The van der Waals surface area contributed by atoms with E-state index in [1.54, 1.807) is 16.9 Å². The second-order valence-electron chi connectivity index (χ2n) is 5.04. The summed E-state index contributed by atoms with van der Waals surface area (Å²) < 4.78 is 1.59. The van der Waals surface area contributed by atoms with Gasteiger partial charge in [0.25, 0.3) is 5.69 Å². The Morgan fingerprint density at radius 3 is 3.00 bits per heavy atom. The van der Waals surface area contributed by atoms with Crippen molar-refractivity contribution in [1.82, 2.24) is 20.3 Å². The van der Waals surface area contributed by atoms with Crippen molar-refractivity contribution in [3.63, 3.8) is 0 Å². The smallest absolute Gasteiger partial charge is 0.271 e. The molecule has 7 nitrogen and oxygen atoms in total. The van der Waals surface area contributed by atoms with Gasteiger partial charge < -0.3 is 5.32 Å². The van der Waals surface area contributed by atoms with Crippen molar-refractivity contribution in [3.05, 3.63) is 45.8 Å². The highest BCUT2D eigenvalue weighted by Crippen LogP contribution is 2.21. The largest absolute Gasteiger partial charge is 0.308 e. The number of nitrogens with zero attached hydrogens (tertiary/aromatic N) is 4. The molecular formula is C13H15N5O2. The van der Waals surface area contributed by atoms with Gasteiger partial charge in [0.15, 0.2) is 0 Å². The van der Waals surface area contributed by atoms with Crippen LogP contribution in [0.25, 0.3) is 5.69 Å². The van der Waals surface area contributed by atoms with Crippen LogP contribution in [0, 0.1) is 17.0 Å². The van der Waals surface area contributed by atoms with Crippen LogP contribution in [0.1, 0.15) is 24.1 Å². The van der Waals surface area contributed by atoms with Gasteiger partial charge in [-0.3, -0.25) is 10.1 Å². The fraction of sp³-hybridized carbons (Fsp3) is 0.385. The van der Waals surface area contributed by atoms with Crippen LogP contribution in [0.4, 0.5) is 5.69 Å². The monoisotopic (exact) mass is 273 g/mol. The molecule has 1 aliphatic carbocycles. The molecule has 1 aromatic heterocycles. The minimum atomic E-state index is -0.407. The zero-order valence-corrected chi connectivity index (χ0v) is 11.1. The van der Waals surface area contributed by atoms with Gasteiger partial charge >= 0.3 is 0 Å². The summed E-state index contributed by atoms with van der Waals surface area (Å²) in [6, 6.07) is 5.34. The topological polar surface area (TPSA) is 85.9 Å². The van der Waals surface area contributed by atoms with E-state index in [0.29, 0.717) is 18.3 Å².